The van der Waals surface area contributed by atoms with Gasteiger partial charge in [0.05, 0.1) is 6.54 Å². The first kappa shape index (κ1) is 14.7. The van der Waals surface area contributed by atoms with Gasteiger partial charge in [0.2, 0.25) is 0 Å². The number of rotatable bonds is 3. The number of hydrogen-bond acceptors (Lipinski definition) is 3. The number of alkyl carbamates (subject to hydrolysis) is 1. The molecule has 0 bridgehead atoms. The average Bonchev–Trinajstić information content (AvgIpc) is 3.07. The van der Waals surface area contributed by atoms with Gasteiger partial charge in [-0.05, 0) is 17.7 Å². The number of hydrogen-bond donors (Lipinski definition) is 2. The summed E-state index contributed by atoms with van der Waals surface area (Å²) in [5.74, 6) is 5.93. The highest BCUT2D eigenvalue weighted by atomic mass is 16.5. The molecule has 114 valence electrons. The Kier molecular flexibility index (Phi) is 4.55. The number of nitrogens with zero attached hydrogens (tertiary/aromatic N) is 1. The number of pyridine rings is 1. The van der Waals surface area contributed by atoms with Crippen LogP contribution in [0.25, 0.3) is 11.0 Å². The summed E-state index contributed by atoms with van der Waals surface area (Å²) in [5.41, 5.74) is 2.61. The molecule has 2 heterocycles. The lowest BCUT2D eigenvalue weighted by Gasteiger charge is -2.04. The van der Waals surface area contributed by atoms with Gasteiger partial charge in [0.1, 0.15) is 12.3 Å². The minimum absolute atomic E-state index is 0.224. The Hall–Kier alpha value is -3.26. The Labute approximate surface area is 133 Å². The molecule has 0 spiro atoms. The lowest BCUT2D eigenvalue weighted by Crippen LogP contribution is -2.24. The molecule has 0 atom stereocenters. The third-order valence-corrected chi connectivity index (χ3v) is 3.22. The van der Waals surface area contributed by atoms with Crippen LogP contribution in [-0.2, 0) is 11.3 Å². The molecule has 3 rings (SSSR count). The van der Waals surface area contributed by atoms with Crippen LogP contribution in [0.15, 0.2) is 54.9 Å². The number of fused-ring (bicyclic) bond motifs is 1. The van der Waals surface area contributed by atoms with E-state index in [0.717, 1.165) is 22.2 Å². The van der Waals surface area contributed by atoms with Crippen molar-refractivity contribution in [1.29, 1.82) is 0 Å². The Morgan fingerprint density at radius 2 is 2.09 bits per heavy atom. The van der Waals surface area contributed by atoms with Crippen LogP contribution >= 0.6 is 0 Å². The molecule has 0 unspecified atom stereocenters. The van der Waals surface area contributed by atoms with Gasteiger partial charge in [0.25, 0.3) is 0 Å². The molecular weight excluding hydrogens is 290 g/mol. The number of nitrogens with one attached hydrogen (secondary N) is 2. The number of aromatic amines is 1. The van der Waals surface area contributed by atoms with E-state index < -0.39 is 6.09 Å². The van der Waals surface area contributed by atoms with Gasteiger partial charge in [0, 0.05) is 23.3 Å². The molecule has 2 aromatic heterocycles. The third kappa shape index (κ3) is 3.89. The largest absolute Gasteiger partial charge is 0.445 e. The minimum atomic E-state index is -0.482. The highest BCUT2D eigenvalue weighted by Gasteiger charge is 2.01. The molecule has 0 aliphatic carbocycles. The second kappa shape index (κ2) is 7.14. The SMILES string of the molecule is O=C(NCC#Cc1ccnc2[nH]ccc12)OCc1ccccc1. The predicted octanol–water partition coefficient (Wildman–Crippen LogP) is 2.84. The van der Waals surface area contributed by atoms with Gasteiger partial charge in [-0.3, -0.25) is 0 Å². The summed E-state index contributed by atoms with van der Waals surface area (Å²) in [6.45, 7) is 0.469. The van der Waals surface area contributed by atoms with Gasteiger partial charge in [0.15, 0.2) is 0 Å². The number of carbonyl (C=O) groups is 1. The summed E-state index contributed by atoms with van der Waals surface area (Å²) >= 11 is 0. The molecule has 23 heavy (non-hydrogen) atoms. The maximum Gasteiger partial charge on any atom is 0.408 e. The van der Waals surface area contributed by atoms with Crippen LogP contribution < -0.4 is 5.32 Å². The van der Waals surface area contributed by atoms with Crippen molar-refractivity contribution in [3.8, 4) is 11.8 Å². The van der Waals surface area contributed by atoms with Crippen LogP contribution in [-0.4, -0.2) is 22.6 Å². The van der Waals surface area contributed by atoms with Crippen LogP contribution in [0.5, 0.6) is 0 Å². The number of carbonyl (C=O) groups excluding carboxylic acids is 1. The van der Waals surface area contributed by atoms with Crippen LogP contribution in [0.2, 0.25) is 0 Å². The summed E-state index contributed by atoms with van der Waals surface area (Å²) < 4.78 is 5.11. The quantitative estimate of drug-likeness (QED) is 0.731. The first-order chi connectivity index (χ1) is 11.3. The number of amides is 1. The Bertz CT molecular complexity index is 860. The lowest BCUT2D eigenvalue weighted by atomic mass is 10.2. The van der Waals surface area contributed by atoms with E-state index in [1.165, 1.54) is 0 Å². The van der Waals surface area contributed by atoms with E-state index in [2.05, 4.69) is 27.1 Å². The lowest BCUT2D eigenvalue weighted by molar-refractivity contribution is 0.141. The number of benzene rings is 1. The summed E-state index contributed by atoms with van der Waals surface area (Å²) in [6, 6.07) is 13.3. The summed E-state index contributed by atoms with van der Waals surface area (Å²) in [7, 11) is 0. The Morgan fingerprint density at radius 1 is 1.22 bits per heavy atom. The molecule has 0 saturated carbocycles. The Balaban J connectivity index is 1.50. The van der Waals surface area contributed by atoms with Crippen molar-refractivity contribution in [3.05, 3.63) is 66.0 Å². The first-order valence-corrected chi connectivity index (χ1v) is 7.18. The van der Waals surface area contributed by atoms with Gasteiger partial charge in [-0.25, -0.2) is 9.78 Å². The normalized spacial score (nSPS) is 9.91. The van der Waals surface area contributed by atoms with Crippen molar-refractivity contribution in [2.24, 2.45) is 0 Å². The van der Waals surface area contributed by atoms with Gasteiger partial charge >= 0.3 is 6.09 Å². The summed E-state index contributed by atoms with van der Waals surface area (Å²) in [4.78, 5) is 18.8. The van der Waals surface area contributed by atoms with Gasteiger partial charge in [-0.1, -0.05) is 42.2 Å². The maximum atomic E-state index is 11.6. The summed E-state index contributed by atoms with van der Waals surface area (Å²) in [5, 5.41) is 3.57. The zero-order valence-corrected chi connectivity index (χ0v) is 12.4. The average molecular weight is 305 g/mol. The van der Waals surface area contributed by atoms with E-state index in [9.17, 15) is 4.79 Å². The fraction of sp³-hybridized carbons (Fsp3) is 0.111. The molecule has 1 aromatic carbocycles. The van der Waals surface area contributed by atoms with E-state index >= 15 is 0 Å². The number of aromatic nitrogens is 2. The molecule has 0 aliphatic heterocycles. The third-order valence-electron chi connectivity index (χ3n) is 3.22. The van der Waals surface area contributed by atoms with Gasteiger partial charge in [-0.15, -0.1) is 0 Å². The highest BCUT2D eigenvalue weighted by molar-refractivity contribution is 5.82. The molecule has 5 nitrogen and oxygen atoms in total. The van der Waals surface area contributed by atoms with Crippen molar-refractivity contribution < 1.29 is 9.53 Å². The first-order valence-electron chi connectivity index (χ1n) is 7.18. The van der Waals surface area contributed by atoms with E-state index in [0.29, 0.717) is 0 Å². The van der Waals surface area contributed by atoms with Gasteiger partial charge < -0.3 is 15.0 Å². The van der Waals surface area contributed by atoms with Gasteiger partial charge in [-0.2, -0.15) is 0 Å². The molecular formula is C18H15N3O2. The minimum Gasteiger partial charge on any atom is -0.445 e. The second-order valence-electron chi connectivity index (χ2n) is 4.82. The fourth-order valence-electron chi connectivity index (χ4n) is 2.10. The molecule has 5 heteroatoms. The molecule has 0 fully saturated rings. The summed E-state index contributed by atoms with van der Waals surface area (Å²) in [6.07, 6.45) is 3.04. The zero-order valence-electron chi connectivity index (χ0n) is 12.4. The van der Waals surface area contributed by atoms with Crippen molar-refractivity contribution in [3.63, 3.8) is 0 Å². The van der Waals surface area contributed by atoms with Crippen LogP contribution in [0.1, 0.15) is 11.1 Å². The number of ether oxygens (including phenoxy) is 1. The van der Waals surface area contributed by atoms with E-state index in [1.54, 1.807) is 6.20 Å². The fourth-order valence-corrected chi connectivity index (χ4v) is 2.10. The van der Waals surface area contributed by atoms with E-state index in [4.69, 9.17) is 4.74 Å². The predicted molar refractivity (Wildman–Crippen MR) is 87.6 cm³/mol. The Morgan fingerprint density at radius 3 is 2.96 bits per heavy atom. The molecule has 3 aromatic rings. The van der Waals surface area contributed by atoms with E-state index in [1.807, 2.05) is 48.7 Å². The molecule has 0 saturated heterocycles. The number of H-pyrrole nitrogens is 1. The maximum absolute atomic E-state index is 11.6. The van der Waals surface area contributed by atoms with Crippen molar-refractivity contribution in [1.82, 2.24) is 15.3 Å². The highest BCUT2D eigenvalue weighted by Crippen LogP contribution is 2.13. The molecule has 1 amide bonds. The van der Waals surface area contributed by atoms with E-state index in [-0.39, 0.29) is 13.2 Å². The topological polar surface area (TPSA) is 67.0 Å². The van der Waals surface area contributed by atoms with Crippen molar-refractivity contribution >= 4 is 17.1 Å². The van der Waals surface area contributed by atoms with Crippen LogP contribution in [0.3, 0.4) is 0 Å². The van der Waals surface area contributed by atoms with Crippen LogP contribution in [0, 0.1) is 11.8 Å². The standard InChI is InChI=1S/C18H15N3O2/c22-18(23-13-14-5-2-1-3-6-14)21-10-4-7-15-8-11-19-17-16(15)9-12-20-17/h1-3,5-6,8-9,11-12H,10,13H2,(H,19,20)(H,21,22). The second-order valence-corrected chi connectivity index (χ2v) is 4.82. The molecule has 0 radical (unpaired) electrons. The molecule has 0 aliphatic rings. The van der Waals surface area contributed by atoms with Crippen LogP contribution in [0.4, 0.5) is 4.79 Å². The smallest absolute Gasteiger partial charge is 0.408 e. The van der Waals surface area contributed by atoms with Crippen molar-refractivity contribution in [2.75, 3.05) is 6.54 Å². The monoisotopic (exact) mass is 305 g/mol. The zero-order chi connectivity index (χ0) is 15.9. The molecule has 2 N–H and O–H groups in total. The van der Waals surface area contributed by atoms with Crippen molar-refractivity contribution in [2.45, 2.75) is 6.61 Å².